The van der Waals surface area contributed by atoms with Crippen LogP contribution in [0.4, 0.5) is 0 Å². The van der Waals surface area contributed by atoms with E-state index in [0.29, 0.717) is 23.5 Å². The standard InChI is InChI=1S/C16H16O3S/c1-12-11-13(7-8-15(12)16(17)18)19-9-10-20-14-5-3-2-4-6-14/h2-8,11H,9-10H2,1H3,(H,17,18). The maximum absolute atomic E-state index is 10.9. The summed E-state index contributed by atoms with van der Waals surface area (Å²) in [5.41, 5.74) is 1.03. The summed E-state index contributed by atoms with van der Waals surface area (Å²) < 4.78 is 5.63. The second-order valence-corrected chi connectivity index (χ2v) is 5.46. The highest BCUT2D eigenvalue weighted by atomic mass is 32.2. The van der Waals surface area contributed by atoms with E-state index in [-0.39, 0.29) is 0 Å². The van der Waals surface area contributed by atoms with Crippen LogP contribution in [0.1, 0.15) is 15.9 Å². The molecule has 0 heterocycles. The third kappa shape index (κ3) is 4.03. The molecule has 0 aliphatic rings. The van der Waals surface area contributed by atoms with Crippen molar-refractivity contribution in [1.82, 2.24) is 0 Å². The Labute approximate surface area is 122 Å². The highest BCUT2D eigenvalue weighted by Gasteiger charge is 2.07. The number of carbonyl (C=O) groups is 1. The molecule has 0 bridgehead atoms. The first-order valence-electron chi connectivity index (χ1n) is 6.31. The summed E-state index contributed by atoms with van der Waals surface area (Å²) in [5, 5.41) is 8.95. The lowest BCUT2D eigenvalue weighted by Gasteiger charge is -2.08. The van der Waals surface area contributed by atoms with Crippen molar-refractivity contribution in [2.75, 3.05) is 12.4 Å². The zero-order valence-corrected chi connectivity index (χ0v) is 12.0. The molecule has 104 valence electrons. The number of aromatic carboxylic acids is 1. The van der Waals surface area contributed by atoms with Crippen LogP contribution in [0.2, 0.25) is 0 Å². The Kier molecular flexibility index (Phi) is 5.07. The Balaban J connectivity index is 1.83. The molecular formula is C16H16O3S. The maximum Gasteiger partial charge on any atom is 0.335 e. The van der Waals surface area contributed by atoms with Crippen LogP contribution in [0.5, 0.6) is 5.75 Å². The lowest BCUT2D eigenvalue weighted by atomic mass is 10.1. The number of carboxylic acids is 1. The molecule has 2 aromatic rings. The number of thioether (sulfide) groups is 1. The number of aryl methyl sites for hydroxylation is 1. The summed E-state index contributed by atoms with van der Waals surface area (Å²) >= 11 is 1.73. The third-order valence-electron chi connectivity index (χ3n) is 2.79. The van der Waals surface area contributed by atoms with Crippen LogP contribution in [-0.2, 0) is 0 Å². The number of hydrogen-bond acceptors (Lipinski definition) is 3. The quantitative estimate of drug-likeness (QED) is 0.647. The van der Waals surface area contributed by atoms with Crippen molar-refractivity contribution in [2.45, 2.75) is 11.8 Å². The Hall–Kier alpha value is -1.94. The van der Waals surface area contributed by atoms with Crippen LogP contribution >= 0.6 is 11.8 Å². The molecule has 0 spiro atoms. The number of benzene rings is 2. The van der Waals surface area contributed by atoms with Crippen LogP contribution in [-0.4, -0.2) is 23.4 Å². The van der Waals surface area contributed by atoms with E-state index in [2.05, 4.69) is 12.1 Å². The molecule has 0 saturated carbocycles. The SMILES string of the molecule is Cc1cc(OCCSc2ccccc2)ccc1C(=O)O. The summed E-state index contributed by atoms with van der Waals surface area (Å²) in [6.07, 6.45) is 0. The largest absolute Gasteiger partial charge is 0.493 e. The molecule has 0 saturated heterocycles. The van der Waals surface area contributed by atoms with Gasteiger partial charge in [-0.05, 0) is 42.8 Å². The molecule has 2 rings (SSSR count). The molecule has 0 aromatic heterocycles. The molecular weight excluding hydrogens is 272 g/mol. The van der Waals surface area contributed by atoms with Crippen molar-refractivity contribution >= 4 is 17.7 Å². The zero-order chi connectivity index (χ0) is 14.4. The summed E-state index contributed by atoms with van der Waals surface area (Å²) in [6.45, 7) is 2.36. The van der Waals surface area contributed by atoms with Gasteiger partial charge in [0.2, 0.25) is 0 Å². The Morgan fingerprint density at radius 1 is 1.20 bits per heavy atom. The van der Waals surface area contributed by atoms with Gasteiger partial charge in [-0.25, -0.2) is 4.79 Å². The fourth-order valence-corrected chi connectivity index (χ4v) is 2.55. The molecule has 2 aromatic carbocycles. The first-order chi connectivity index (χ1) is 9.66. The van der Waals surface area contributed by atoms with E-state index < -0.39 is 5.97 Å². The van der Waals surface area contributed by atoms with Crippen LogP contribution in [0.3, 0.4) is 0 Å². The van der Waals surface area contributed by atoms with Crippen molar-refractivity contribution in [3.8, 4) is 5.75 Å². The van der Waals surface area contributed by atoms with Crippen LogP contribution < -0.4 is 4.74 Å². The minimum atomic E-state index is -0.909. The maximum atomic E-state index is 10.9. The second kappa shape index (κ2) is 7.01. The third-order valence-corrected chi connectivity index (χ3v) is 3.77. The number of ether oxygens (including phenoxy) is 1. The lowest BCUT2D eigenvalue weighted by molar-refractivity contribution is 0.0696. The van der Waals surface area contributed by atoms with Gasteiger partial charge >= 0.3 is 5.97 Å². The van der Waals surface area contributed by atoms with E-state index >= 15 is 0 Å². The molecule has 0 aliphatic heterocycles. The van der Waals surface area contributed by atoms with Gasteiger partial charge in [0.25, 0.3) is 0 Å². The van der Waals surface area contributed by atoms with Crippen LogP contribution in [0.25, 0.3) is 0 Å². The molecule has 0 fully saturated rings. The van der Waals surface area contributed by atoms with Gasteiger partial charge in [0, 0.05) is 10.6 Å². The van der Waals surface area contributed by atoms with Crippen molar-refractivity contribution in [3.63, 3.8) is 0 Å². The highest BCUT2D eigenvalue weighted by molar-refractivity contribution is 7.99. The van der Waals surface area contributed by atoms with Crippen molar-refractivity contribution in [3.05, 3.63) is 59.7 Å². The number of carboxylic acid groups (broad SMARTS) is 1. The first-order valence-corrected chi connectivity index (χ1v) is 7.30. The van der Waals surface area contributed by atoms with E-state index in [9.17, 15) is 4.79 Å². The van der Waals surface area contributed by atoms with E-state index in [1.807, 2.05) is 18.2 Å². The topological polar surface area (TPSA) is 46.5 Å². The second-order valence-electron chi connectivity index (χ2n) is 4.29. The van der Waals surface area contributed by atoms with Gasteiger partial charge in [-0.1, -0.05) is 18.2 Å². The van der Waals surface area contributed by atoms with Gasteiger partial charge in [0.15, 0.2) is 0 Å². The summed E-state index contributed by atoms with van der Waals surface area (Å²) in [5.74, 6) is 0.652. The van der Waals surface area contributed by atoms with Crippen molar-refractivity contribution in [1.29, 1.82) is 0 Å². The van der Waals surface area contributed by atoms with Gasteiger partial charge < -0.3 is 9.84 Å². The molecule has 0 unspecified atom stereocenters. The number of hydrogen-bond donors (Lipinski definition) is 1. The Morgan fingerprint density at radius 3 is 2.60 bits per heavy atom. The molecule has 3 nitrogen and oxygen atoms in total. The van der Waals surface area contributed by atoms with E-state index in [1.165, 1.54) is 4.90 Å². The molecule has 0 atom stereocenters. The monoisotopic (exact) mass is 288 g/mol. The lowest BCUT2D eigenvalue weighted by Crippen LogP contribution is -2.03. The fraction of sp³-hybridized carbons (Fsp3) is 0.188. The summed E-state index contributed by atoms with van der Waals surface area (Å²) in [7, 11) is 0. The molecule has 0 amide bonds. The van der Waals surface area contributed by atoms with Crippen molar-refractivity contribution < 1.29 is 14.6 Å². The average molecular weight is 288 g/mol. The zero-order valence-electron chi connectivity index (χ0n) is 11.2. The van der Waals surface area contributed by atoms with Gasteiger partial charge in [0.1, 0.15) is 5.75 Å². The summed E-state index contributed by atoms with van der Waals surface area (Å²) in [4.78, 5) is 12.1. The predicted molar refractivity (Wildman–Crippen MR) is 80.8 cm³/mol. The van der Waals surface area contributed by atoms with Gasteiger partial charge in [-0.2, -0.15) is 0 Å². The van der Waals surface area contributed by atoms with E-state index in [1.54, 1.807) is 36.9 Å². The summed E-state index contributed by atoms with van der Waals surface area (Å²) in [6, 6.07) is 15.2. The van der Waals surface area contributed by atoms with Gasteiger partial charge in [0.05, 0.1) is 12.2 Å². The number of rotatable bonds is 6. The van der Waals surface area contributed by atoms with Crippen molar-refractivity contribution in [2.24, 2.45) is 0 Å². The molecule has 4 heteroatoms. The predicted octanol–water partition coefficient (Wildman–Crippen LogP) is 3.86. The normalized spacial score (nSPS) is 10.2. The molecule has 0 aliphatic carbocycles. The molecule has 0 radical (unpaired) electrons. The van der Waals surface area contributed by atoms with Crippen LogP contribution in [0.15, 0.2) is 53.4 Å². The first kappa shape index (κ1) is 14.5. The van der Waals surface area contributed by atoms with Gasteiger partial charge in [-0.15, -0.1) is 11.8 Å². The van der Waals surface area contributed by atoms with E-state index in [0.717, 1.165) is 5.75 Å². The van der Waals surface area contributed by atoms with Gasteiger partial charge in [-0.3, -0.25) is 0 Å². The fourth-order valence-electron chi connectivity index (χ4n) is 1.80. The molecule has 20 heavy (non-hydrogen) atoms. The van der Waals surface area contributed by atoms with Crippen LogP contribution in [0, 0.1) is 6.92 Å². The van der Waals surface area contributed by atoms with E-state index in [4.69, 9.17) is 9.84 Å². The minimum absolute atomic E-state index is 0.316. The average Bonchev–Trinajstić information content (AvgIpc) is 2.44. The minimum Gasteiger partial charge on any atom is -0.493 e. The highest BCUT2D eigenvalue weighted by Crippen LogP contribution is 2.19. The smallest absolute Gasteiger partial charge is 0.335 e. The Bertz CT molecular complexity index is 582. The Morgan fingerprint density at radius 2 is 1.95 bits per heavy atom. The molecule has 1 N–H and O–H groups in total.